The van der Waals surface area contributed by atoms with Crippen molar-refractivity contribution < 1.29 is 9.84 Å². The number of hydrogen-bond acceptors (Lipinski definition) is 3. The van der Waals surface area contributed by atoms with Crippen LogP contribution in [0.1, 0.15) is 25.8 Å². The molecule has 0 spiro atoms. The third-order valence-corrected chi connectivity index (χ3v) is 3.76. The second kappa shape index (κ2) is 6.18. The summed E-state index contributed by atoms with van der Waals surface area (Å²) in [6.45, 7) is 4.40. The molecule has 1 atom stereocenters. The highest BCUT2D eigenvalue weighted by Crippen LogP contribution is 2.35. The molecule has 1 rings (SSSR count). The van der Waals surface area contributed by atoms with Gasteiger partial charge >= 0.3 is 0 Å². The Balaban J connectivity index is 2.85. The molecule has 3 nitrogen and oxygen atoms in total. The van der Waals surface area contributed by atoms with E-state index in [0.29, 0.717) is 18.7 Å². The first-order chi connectivity index (χ1) is 7.89. The third kappa shape index (κ3) is 4.25. The van der Waals surface area contributed by atoms with Crippen molar-refractivity contribution in [2.24, 2.45) is 5.73 Å². The molecule has 17 heavy (non-hydrogen) atoms. The van der Waals surface area contributed by atoms with Gasteiger partial charge in [-0.3, -0.25) is 0 Å². The van der Waals surface area contributed by atoms with Crippen LogP contribution in [-0.2, 0) is 6.54 Å². The van der Waals surface area contributed by atoms with Crippen molar-refractivity contribution in [2.45, 2.75) is 32.4 Å². The third-order valence-electron chi connectivity index (χ3n) is 2.58. The van der Waals surface area contributed by atoms with Crippen LogP contribution in [0.5, 0.6) is 5.75 Å². The Hall–Kier alpha value is -0.100. The molecule has 0 amide bonds. The molecule has 0 fully saturated rings. The molecule has 0 aromatic heterocycles. The van der Waals surface area contributed by atoms with Gasteiger partial charge < -0.3 is 15.6 Å². The summed E-state index contributed by atoms with van der Waals surface area (Å²) in [5, 5.41) is 9.89. The molecule has 0 saturated heterocycles. The molecule has 1 aromatic carbocycles. The van der Waals surface area contributed by atoms with Gasteiger partial charge in [-0.05, 0) is 62.9 Å². The number of halogens is 2. The monoisotopic (exact) mass is 365 g/mol. The molecule has 5 heteroatoms. The summed E-state index contributed by atoms with van der Waals surface area (Å²) >= 11 is 6.87. The van der Waals surface area contributed by atoms with E-state index in [0.717, 1.165) is 14.5 Å². The average Bonchev–Trinajstić information content (AvgIpc) is 2.27. The van der Waals surface area contributed by atoms with Gasteiger partial charge in [-0.2, -0.15) is 0 Å². The maximum Gasteiger partial charge on any atom is 0.147 e. The van der Waals surface area contributed by atoms with E-state index in [1.807, 2.05) is 19.1 Å². The SMILES string of the molecule is CCC(C)(O)COc1c(Br)cc(CN)cc1Br. The van der Waals surface area contributed by atoms with Gasteiger partial charge in [0.05, 0.1) is 14.5 Å². The van der Waals surface area contributed by atoms with Crippen LogP contribution in [0.15, 0.2) is 21.1 Å². The van der Waals surface area contributed by atoms with Crippen LogP contribution >= 0.6 is 31.9 Å². The van der Waals surface area contributed by atoms with Gasteiger partial charge in [-0.25, -0.2) is 0 Å². The van der Waals surface area contributed by atoms with Crippen molar-refractivity contribution in [1.29, 1.82) is 0 Å². The lowest BCUT2D eigenvalue weighted by atomic mass is 10.1. The Labute approximate surface area is 119 Å². The van der Waals surface area contributed by atoms with Crippen LogP contribution < -0.4 is 10.5 Å². The van der Waals surface area contributed by atoms with Crippen molar-refractivity contribution in [3.05, 3.63) is 26.6 Å². The molecular formula is C12H17Br2NO2. The Morgan fingerprint density at radius 1 is 1.35 bits per heavy atom. The number of nitrogens with two attached hydrogens (primary N) is 1. The van der Waals surface area contributed by atoms with Gasteiger partial charge in [-0.1, -0.05) is 6.92 Å². The largest absolute Gasteiger partial charge is 0.488 e. The highest BCUT2D eigenvalue weighted by Gasteiger charge is 2.20. The lowest BCUT2D eigenvalue weighted by Gasteiger charge is -2.22. The molecule has 0 bridgehead atoms. The smallest absolute Gasteiger partial charge is 0.147 e. The highest BCUT2D eigenvalue weighted by atomic mass is 79.9. The maximum atomic E-state index is 9.89. The summed E-state index contributed by atoms with van der Waals surface area (Å²) in [6.07, 6.45) is 0.642. The van der Waals surface area contributed by atoms with Crippen LogP contribution in [0, 0.1) is 0 Å². The van der Waals surface area contributed by atoms with Crippen LogP contribution in [0.25, 0.3) is 0 Å². The Bertz CT molecular complexity index is 371. The maximum absolute atomic E-state index is 9.89. The van der Waals surface area contributed by atoms with Crippen molar-refractivity contribution in [3.8, 4) is 5.75 Å². The summed E-state index contributed by atoms with van der Waals surface area (Å²) in [4.78, 5) is 0. The van der Waals surface area contributed by atoms with Crippen LogP contribution in [-0.4, -0.2) is 17.3 Å². The predicted molar refractivity (Wildman–Crippen MR) is 76.1 cm³/mol. The summed E-state index contributed by atoms with van der Waals surface area (Å²) < 4.78 is 7.30. The summed E-state index contributed by atoms with van der Waals surface area (Å²) in [6, 6.07) is 3.83. The second-order valence-corrected chi connectivity index (χ2v) is 5.94. The molecule has 0 aliphatic rings. The topological polar surface area (TPSA) is 55.5 Å². The zero-order valence-electron chi connectivity index (χ0n) is 9.96. The quantitative estimate of drug-likeness (QED) is 0.841. The first-order valence-electron chi connectivity index (χ1n) is 5.43. The van der Waals surface area contributed by atoms with E-state index in [4.69, 9.17) is 10.5 Å². The fourth-order valence-electron chi connectivity index (χ4n) is 1.20. The highest BCUT2D eigenvalue weighted by molar-refractivity contribution is 9.11. The van der Waals surface area contributed by atoms with E-state index in [1.165, 1.54) is 0 Å². The Morgan fingerprint density at radius 2 is 1.88 bits per heavy atom. The van der Waals surface area contributed by atoms with E-state index in [1.54, 1.807) is 6.92 Å². The van der Waals surface area contributed by atoms with Gasteiger partial charge in [0.2, 0.25) is 0 Å². The Morgan fingerprint density at radius 3 is 2.29 bits per heavy atom. The summed E-state index contributed by atoms with van der Waals surface area (Å²) in [5.74, 6) is 0.691. The lowest BCUT2D eigenvalue weighted by molar-refractivity contribution is 0.00799. The van der Waals surface area contributed by atoms with Gasteiger partial charge in [0.15, 0.2) is 0 Å². The number of ether oxygens (including phenoxy) is 1. The Kier molecular flexibility index (Phi) is 5.44. The van der Waals surface area contributed by atoms with E-state index in [9.17, 15) is 5.11 Å². The fourth-order valence-corrected chi connectivity index (χ4v) is 2.71. The van der Waals surface area contributed by atoms with Crippen LogP contribution in [0.3, 0.4) is 0 Å². The van der Waals surface area contributed by atoms with Crippen molar-refractivity contribution >= 4 is 31.9 Å². The standard InChI is InChI=1S/C12H17Br2NO2/c1-3-12(2,16)7-17-11-9(13)4-8(6-15)5-10(11)14/h4-5,16H,3,6-7,15H2,1-2H3. The molecule has 1 aromatic rings. The fraction of sp³-hybridized carbons (Fsp3) is 0.500. The first kappa shape index (κ1) is 15.0. The minimum atomic E-state index is -0.814. The first-order valence-corrected chi connectivity index (χ1v) is 7.01. The molecule has 0 aliphatic heterocycles. The number of aliphatic hydroxyl groups is 1. The minimum absolute atomic E-state index is 0.253. The molecule has 3 N–H and O–H groups in total. The summed E-state index contributed by atoms with van der Waals surface area (Å²) in [7, 11) is 0. The molecule has 0 heterocycles. The van der Waals surface area contributed by atoms with Gasteiger partial charge in [0, 0.05) is 6.54 Å². The van der Waals surface area contributed by atoms with E-state index < -0.39 is 5.60 Å². The van der Waals surface area contributed by atoms with Crippen molar-refractivity contribution in [3.63, 3.8) is 0 Å². The van der Waals surface area contributed by atoms with Crippen molar-refractivity contribution in [1.82, 2.24) is 0 Å². The number of rotatable bonds is 5. The van der Waals surface area contributed by atoms with E-state index in [-0.39, 0.29) is 6.61 Å². The van der Waals surface area contributed by atoms with Gasteiger partial charge in [0.1, 0.15) is 12.4 Å². The van der Waals surface area contributed by atoms with Crippen LogP contribution in [0.4, 0.5) is 0 Å². The number of benzene rings is 1. The normalized spacial score (nSPS) is 14.5. The minimum Gasteiger partial charge on any atom is -0.488 e. The van der Waals surface area contributed by atoms with Gasteiger partial charge in [0.25, 0.3) is 0 Å². The molecule has 0 aliphatic carbocycles. The predicted octanol–water partition coefficient (Wildman–Crippen LogP) is 3.21. The molecule has 1 unspecified atom stereocenters. The molecule has 0 saturated carbocycles. The molecular weight excluding hydrogens is 350 g/mol. The lowest BCUT2D eigenvalue weighted by Crippen LogP contribution is -2.31. The number of hydrogen-bond donors (Lipinski definition) is 2. The molecule has 96 valence electrons. The summed E-state index contributed by atoms with van der Waals surface area (Å²) in [5.41, 5.74) is 5.78. The zero-order valence-corrected chi connectivity index (χ0v) is 13.1. The van der Waals surface area contributed by atoms with E-state index >= 15 is 0 Å². The zero-order chi connectivity index (χ0) is 13.1. The van der Waals surface area contributed by atoms with Gasteiger partial charge in [-0.15, -0.1) is 0 Å². The molecule has 0 radical (unpaired) electrons. The average molecular weight is 367 g/mol. The van der Waals surface area contributed by atoms with Crippen molar-refractivity contribution in [2.75, 3.05) is 6.61 Å². The van der Waals surface area contributed by atoms with E-state index in [2.05, 4.69) is 31.9 Å². The second-order valence-electron chi connectivity index (χ2n) is 4.23. The van der Waals surface area contributed by atoms with Crippen LogP contribution in [0.2, 0.25) is 0 Å².